The van der Waals surface area contributed by atoms with Gasteiger partial charge in [0.15, 0.2) is 0 Å². The Kier molecular flexibility index (Phi) is 5.50. The molecule has 0 aromatic heterocycles. The van der Waals surface area contributed by atoms with Gasteiger partial charge in [-0.2, -0.15) is 0 Å². The molecule has 2 heterocycles. The number of rotatable bonds is 5. The first-order valence-electron chi connectivity index (χ1n) is 9.48. The Morgan fingerprint density at radius 3 is 2.59 bits per heavy atom. The molecule has 0 bridgehead atoms. The Balaban J connectivity index is 1.91. The fourth-order valence-corrected chi connectivity index (χ4v) is 3.43. The number of hydrogen-bond acceptors (Lipinski definition) is 3. The van der Waals surface area contributed by atoms with Gasteiger partial charge in [0.2, 0.25) is 0 Å². The van der Waals surface area contributed by atoms with Gasteiger partial charge in [-0.3, -0.25) is 4.99 Å². The van der Waals surface area contributed by atoms with Crippen LogP contribution in [0.25, 0.3) is 0 Å². The summed E-state index contributed by atoms with van der Waals surface area (Å²) in [6.07, 6.45) is 10.9. The molecule has 2 aliphatic rings. The van der Waals surface area contributed by atoms with Crippen LogP contribution in [-0.2, 0) is 6.42 Å². The SMILES string of the molecule is C=C1C=CC(C2=CN(C(Cc3cc(C)ccc3C)C(C)C)C(=C)C=N2)=CN1. The quantitative estimate of drug-likeness (QED) is 0.785. The van der Waals surface area contributed by atoms with E-state index in [0.29, 0.717) is 12.0 Å². The Bertz CT molecular complexity index is 881. The average Bonchev–Trinajstić information content (AvgIpc) is 2.63. The van der Waals surface area contributed by atoms with E-state index in [9.17, 15) is 0 Å². The van der Waals surface area contributed by atoms with Crippen molar-refractivity contribution in [3.8, 4) is 0 Å². The second kappa shape index (κ2) is 7.83. The predicted molar refractivity (Wildman–Crippen MR) is 115 cm³/mol. The van der Waals surface area contributed by atoms with Crippen molar-refractivity contribution in [2.75, 3.05) is 0 Å². The maximum Gasteiger partial charge on any atom is 0.0879 e. The third-order valence-corrected chi connectivity index (χ3v) is 5.18. The minimum absolute atomic E-state index is 0.316. The molecule has 1 aromatic rings. The lowest BCUT2D eigenvalue weighted by molar-refractivity contribution is 0.272. The van der Waals surface area contributed by atoms with Gasteiger partial charge in [0.25, 0.3) is 0 Å². The summed E-state index contributed by atoms with van der Waals surface area (Å²) >= 11 is 0. The average molecular weight is 360 g/mol. The van der Waals surface area contributed by atoms with Gasteiger partial charge in [-0.15, -0.1) is 0 Å². The standard InChI is InChI=1S/C24H29N3/c1-16(2)24(12-22-11-17(3)7-8-18(22)4)27-15-23(26-13-20(27)6)21-10-9-19(5)25-14-21/h7-11,13-16,24-25H,5-6,12H2,1-4H3. The van der Waals surface area contributed by atoms with E-state index >= 15 is 0 Å². The highest BCUT2D eigenvalue weighted by Crippen LogP contribution is 2.28. The van der Waals surface area contributed by atoms with Crippen molar-refractivity contribution in [3.05, 3.63) is 95.3 Å². The van der Waals surface area contributed by atoms with Gasteiger partial charge >= 0.3 is 0 Å². The Labute approximate surface area is 163 Å². The van der Waals surface area contributed by atoms with Gasteiger partial charge in [-0.1, -0.05) is 50.8 Å². The molecular formula is C24H29N3. The summed E-state index contributed by atoms with van der Waals surface area (Å²) in [5, 5.41) is 3.16. The van der Waals surface area contributed by atoms with E-state index in [2.05, 4.69) is 80.5 Å². The summed E-state index contributed by atoms with van der Waals surface area (Å²) in [5.41, 5.74) is 7.84. The van der Waals surface area contributed by atoms with E-state index in [1.54, 1.807) is 0 Å². The lowest BCUT2D eigenvalue weighted by Gasteiger charge is -2.36. The number of hydrogen-bond donors (Lipinski definition) is 1. The number of aliphatic imine (C=N–C) groups is 1. The molecule has 140 valence electrons. The van der Waals surface area contributed by atoms with E-state index in [-0.39, 0.29) is 0 Å². The first kappa shape index (κ1) is 19.0. The Hall–Kier alpha value is -2.81. The van der Waals surface area contributed by atoms with Crippen LogP contribution in [0.3, 0.4) is 0 Å². The molecular weight excluding hydrogens is 330 g/mol. The second-order valence-electron chi connectivity index (χ2n) is 7.72. The lowest BCUT2D eigenvalue weighted by atomic mass is 9.91. The third kappa shape index (κ3) is 4.30. The predicted octanol–water partition coefficient (Wildman–Crippen LogP) is 5.17. The van der Waals surface area contributed by atoms with Crippen molar-refractivity contribution >= 4 is 6.21 Å². The number of allylic oxidation sites excluding steroid dienone is 3. The number of nitrogens with zero attached hydrogens (tertiary/aromatic N) is 2. The van der Waals surface area contributed by atoms with Crippen LogP contribution in [0.4, 0.5) is 0 Å². The van der Waals surface area contributed by atoms with Gasteiger partial charge < -0.3 is 10.2 Å². The zero-order valence-corrected chi connectivity index (χ0v) is 16.8. The van der Waals surface area contributed by atoms with Crippen LogP contribution >= 0.6 is 0 Å². The molecule has 1 atom stereocenters. The Morgan fingerprint density at radius 1 is 1.15 bits per heavy atom. The Morgan fingerprint density at radius 2 is 1.93 bits per heavy atom. The number of nitrogens with one attached hydrogen (secondary N) is 1. The number of dihydropyridines is 1. The van der Waals surface area contributed by atoms with Crippen LogP contribution in [0.1, 0.15) is 30.5 Å². The highest BCUT2D eigenvalue weighted by atomic mass is 15.2. The molecule has 0 radical (unpaired) electrons. The zero-order chi connectivity index (χ0) is 19.6. The van der Waals surface area contributed by atoms with Crippen molar-refractivity contribution in [1.29, 1.82) is 0 Å². The molecule has 2 aliphatic heterocycles. The van der Waals surface area contributed by atoms with Crippen LogP contribution < -0.4 is 5.32 Å². The van der Waals surface area contributed by atoms with Crippen LogP contribution in [0.5, 0.6) is 0 Å². The highest BCUT2D eigenvalue weighted by molar-refractivity contribution is 5.80. The van der Waals surface area contributed by atoms with Crippen LogP contribution in [0, 0.1) is 19.8 Å². The first-order chi connectivity index (χ1) is 12.8. The van der Waals surface area contributed by atoms with E-state index in [4.69, 9.17) is 0 Å². The molecule has 0 saturated heterocycles. The monoisotopic (exact) mass is 359 g/mol. The van der Waals surface area contributed by atoms with E-state index in [0.717, 1.165) is 29.1 Å². The fraction of sp³-hybridized carbons (Fsp3) is 0.292. The van der Waals surface area contributed by atoms with Crippen LogP contribution in [0.15, 0.2) is 83.6 Å². The molecule has 3 nitrogen and oxygen atoms in total. The minimum atomic E-state index is 0.316. The molecule has 0 amide bonds. The topological polar surface area (TPSA) is 27.6 Å². The van der Waals surface area contributed by atoms with Crippen LogP contribution in [0.2, 0.25) is 0 Å². The molecule has 0 aliphatic carbocycles. The number of benzene rings is 1. The molecule has 0 fully saturated rings. The molecule has 27 heavy (non-hydrogen) atoms. The van der Waals surface area contributed by atoms with Crippen molar-refractivity contribution in [1.82, 2.24) is 10.2 Å². The summed E-state index contributed by atoms with van der Waals surface area (Å²) in [4.78, 5) is 6.88. The maximum absolute atomic E-state index is 4.60. The molecule has 0 saturated carbocycles. The van der Waals surface area contributed by atoms with Gasteiger partial charge in [0.1, 0.15) is 0 Å². The highest BCUT2D eigenvalue weighted by Gasteiger charge is 2.25. The number of aryl methyl sites for hydroxylation is 2. The van der Waals surface area contributed by atoms with Crippen molar-refractivity contribution in [2.24, 2.45) is 10.9 Å². The van der Waals surface area contributed by atoms with Crippen molar-refractivity contribution in [3.63, 3.8) is 0 Å². The van der Waals surface area contributed by atoms with Crippen molar-refractivity contribution in [2.45, 2.75) is 40.2 Å². The van der Waals surface area contributed by atoms with Gasteiger partial charge in [-0.05, 0) is 49.5 Å². The smallest absolute Gasteiger partial charge is 0.0879 e. The van der Waals surface area contributed by atoms with Gasteiger partial charge in [-0.25, -0.2) is 0 Å². The molecule has 1 unspecified atom stereocenters. The molecule has 3 heteroatoms. The maximum atomic E-state index is 4.60. The minimum Gasteiger partial charge on any atom is -0.361 e. The third-order valence-electron chi connectivity index (χ3n) is 5.18. The molecule has 3 rings (SSSR count). The zero-order valence-electron chi connectivity index (χ0n) is 16.8. The summed E-state index contributed by atoms with van der Waals surface area (Å²) < 4.78 is 0. The molecule has 0 spiro atoms. The summed E-state index contributed by atoms with van der Waals surface area (Å²) in [5.74, 6) is 0.472. The lowest BCUT2D eigenvalue weighted by Crippen LogP contribution is -2.38. The summed E-state index contributed by atoms with van der Waals surface area (Å²) in [6, 6.07) is 7.01. The summed E-state index contributed by atoms with van der Waals surface area (Å²) in [6.45, 7) is 17.0. The van der Waals surface area contributed by atoms with E-state index < -0.39 is 0 Å². The van der Waals surface area contributed by atoms with Crippen molar-refractivity contribution < 1.29 is 0 Å². The summed E-state index contributed by atoms with van der Waals surface area (Å²) in [7, 11) is 0. The second-order valence-corrected chi connectivity index (χ2v) is 7.72. The molecule has 1 aromatic carbocycles. The van der Waals surface area contributed by atoms with Crippen LogP contribution in [-0.4, -0.2) is 17.2 Å². The first-order valence-corrected chi connectivity index (χ1v) is 9.48. The van der Waals surface area contributed by atoms with E-state index in [1.807, 2.05) is 24.6 Å². The molecule has 1 N–H and O–H groups in total. The van der Waals surface area contributed by atoms with E-state index in [1.165, 1.54) is 16.7 Å². The normalized spacial score (nSPS) is 17.7. The van der Waals surface area contributed by atoms with Gasteiger partial charge in [0, 0.05) is 29.7 Å². The van der Waals surface area contributed by atoms with Gasteiger partial charge in [0.05, 0.1) is 17.6 Å². The fourth-order valence-electron chi connectivity index (χ4n) is 3.43. The largest absolute Gasteiger partial charge is 0.361 e.